The van der Waals surface area contributed by atoms with Crippen LogP contribution in [0.15, 0.2) is 23.2 Å². The summed E-state index contributed by atoms with van der Waals surface area (Å²) in [6, 6.07) is 5.08. The van der Waals surface area contributed by atoms with E-state index in [1.807, 2.05) is 0 Å². The van der Waals surface area contributed by atoms with Crippen LogP contribution < -0.4 is 10.5 Å². The van der Waals surface area contributed by atoms with Crippen LogP contribution in [0, 0.1) is 13.8 Å². The molecule has 0 aliphatic heterocycles. The summed E-state index contributed by atoms with van der Waals surface area (Å²) in [5.41, 5.74) is 7.37. The van der Waals surface area contributed by atoms with Gasteiger partial charge < -0.3 is 5.73 Å². The van der Waals surface area contributed by atoms with Crippen LogP contribution in [-0.4, -0.2) is 23.6 Å². The molecule has 7 nitrogen and oxygen atoms in total. The van der Waals surface area contributed by atoms with Gasteiger partial charge in [-0.25, -0.2) is 4.98 Å². The third-order valence-electron chi connectivity index (χ3n) is 2.62. The number of rotatable bonds is 4. The van der Waals surface area contributed by atoms with Gasteiger partial charge in [-0.3, -0.25) is 9.82 Å². The first-order valence-electron chi connectivity index (χ1n) is 5.64. The van der Waals surface area contributed by atoms with Crippen LogP contribution in [0.4, 0.5) is 5.82 Å². The molecule has 2 rings (SSSR count). The van der Waals surface area contributed by atoms with Gasteiger partial charge in [-0.05, 0) is 26.0 Å². The molecule has 2 heterocycles. The van der Waals surface area contributed by atoms with Crippen molar-refractivity contribution in [2.24, 2.45) is 5.73 Å². The molecule has 0 unspecified atom stereocenters. The molecule has 0 spiro atoms. The zero-order valence-electron chi connectivity index (χ0n) is 10.6. The molecule has 0 radical (unpaired) electrons. The van der Waals surface area contributed by atoms with Crippen molar-refractivity contribution in [3.8, 4) is 0 Å². The zero-order chi connectivity index (χ0) is 14.0. The van der Waals surface area contributed by atoms with E-state index < -0.39 is 10.0 Å². The molecule has 0 bridgehead atoms. The van der Waals surface area contributed by atoms with E-state index in [0.717, 1.165) is 5.69 Å². The monoisotopic (exact) mass is 281 g/mol. The normalized spacial score (nSPS) is 11.5. The molecule has 0 saturated carbocycles. The molecule has 19 heavy (non-hydrogen) atoms. The second-order valence-electron chi connectivity index (χ2n) is 4.11. The molecule has 0 amide bonds. The Morgan fingerprint density at radius 1 is 1.37 bits per heavy atom. The lowest BCUT2D eigenvalue weighted by Crippen LogP contribution is -2.17. The van der Waals surface area contributed by atoms with E-state index in [-0.39, 0.29) is 17.4 Å². The van der Waals surface area contributed by atoms with Crippen LogP contribution in [0.3, 0.4) is 0 Å². The lowest BCUT2D eigenvalue weighted by atomic mass is 10.3. The molecule has 0 atom stereocenters. The molecule has 0 aromatic carbocycles. The number of nitrogens with zero attached hydrogens (tertiary/aromatic N) is 2. The Morgan fingerprint density at radius 2 is 2.11 bits per heavy atom. The Kier molecular flexibility index (Phi) is 3.54. The lowest BCUT2D eigenvalue weighted by Gasteiger charge is -2.07. The fourth-order valence-corrected chi connectivity index (χ4v) is 2.89. The molecule has 2 aromatic heterocycles. The summed E-state index contributed by atoms with van der Waals surface area (Å²) in [6.45, 7) is 3.60. The second kappa shape index (κ2) is 4.98. The Morgan fingerprint density at radius 3 is 2.74 bits per heavy atom. The molecule has 4 N–H and O–H groups in total. The number of aromatic nitrogens is 3. The highest BCUT2D eigenvalue weighted by Gasteiger charge is 2.23. The first-order valence-corrected chi connectivity index (χ1v) is 7.12. The van der Waals surface area contributed by atoms with Gasteiger partial charge in [0.25, 0.3) is 10.0 Å². The Labute approximate surface area is 111 Å². The van der Waals surface area contributed by atoms with Crippen molar-refractivity contribution in [2.45, 2.75) is 25.4 Å². The van der Waals surface area contributed by atoms with Crippen molar-refractivity contribution < 1.29 is 8.42 Å². The third kappa shape index (κ3) is 2.74. The van der Waals surface area contributed by atoms with Gasteiger partial charge in [0, 0.05) is 23.5 Å². The van der Waals surface area contributed by atoms with E-state index in [1.54, 1.807) is 32.0 Å². The molecular weight excluding hydrogens is 266 g/mol. The van der Waals surface area contributed by atoms with Crippen molar-refractivity contribution in [1.82, 2.24) is 15.2 Å². The number of anilines is 1. The van der Waals surface area contributed by atoms with Crippen molar-refractivity contribution in [2.75, 3.05) is 4.72 Å². The standard InChI is InChI=1S/C11H15N5O2S/c1-7-4-3-5-10(13-7)16-19(17,18)11-9(6-12)8(2)14-15-11/h3-5H,6,12H2,1-2H3,(H,13,16)(H,14,15). The number of aromatic amines is 1. The highest BCUT2D eigenvalue weighted by atomic mass is 32.2. The van der Waals surface area contributed by atoms with E-state index >= 15 is 0 Å². The molecule has 0 aliphatic rings. The number of pyridine rings is 1. The van der Waals surface area contributed by atoms with E-state index in [2.05, 4.69) is 19.9 Å². The summed E-state index contributed by atoms with van der Waals surface area (Å²) >= 11 is 0. The summed E-state index contributed by atoms with van der Waals surface area (Å²) in [4.78, 5) is 4.09. The molecule has 0 fully saturated rings. The molecule has 102 valence electrons. The van der Waals surface area contributed by atoms with E-state index in [9.17, 15) is 8.42 Å². The minimum atomic E-state index is -3.79. The SMILES string of the molecule is Cc1cccc(NS(=O)(=O)c2n[nH]c(C)c2CN)n1. The number of sulfonamides is 1. The average Bonchev–Trinajstić information content (AvgIpc) is 2.70. The van der Waals surface area contributed by atoms with Gasteiger partial charge in [0.2, 0.25) is 5.03 Å². The first kappa shape index (κ1) is 13.5. The predicted octanol–water partition coefficient (Wildman–Crippen LogP) is 0.681. The zero-order valence-corrected chi connectivity index (χ0v) is 11.5. The van der Waals surface area contributed by atoms with Gasteiger partial charge in [0.05, 0.1) is 0 Å². The number of nitrogens with one attached hydrogen (secondary N) is 2. The second-order valence-corrected chi connectivity index (χ2v) is 5.70. The van der Waals surface area contributed by atoms with Crippen LogP contribution in [-0.2, 0) is 16.6 Å². The fraction of sp³-hybridized carbons (Fsp3) is 0.273. The van der Waals surface area contributed by atoms with Crippen molar-refractivity contribution in [1.29, 1.82) is 0 Å². The minimum Gasteiger partial charge on any atom is -0.326 e. The summed E-state index contributed by atoms with van der Waals surface area (Å²) in [5, 5.41) is 6.33. The minimum absolute atomic E-state index is 0.0872. The Hall–Kier alpha value is -1.93. The summed E-state index contributed by atoms with van der Waals surface area (Å²) < 4.78 is 26.8. The van der Waals surface area contributed by atoms with Gasteiger partial charge in [0.1, 0.15) is 5.82 Å². The predicted molar refractivity (Wildman–Crippen MR) is 71.0 cm³/mol. The molecule has 2 aromatic rings. The lowest BCUT2D eigenvalue weighted by molar-refractivity contribution is 0.595. The van der Waals surface area contributed by atoms with E-state index in [0.29, 0.717) is 11.3 Å². The van der Waals surface area contributed by atoms with E-state index in [4.69, 9.17) is 5.73 Å². The average molecular weight is 281 g/mol. The van der Waals surface area contributed by atoms with Crippen LogP contribution in [0.2, 0.25) is 0 Å². The topological polar surface area (TPSA) is 114 Å². The van der Waals surface area contributed by atoms with Gasteiger partial charge >= 0.3 is 0 Å². The third-order valence-corrected chi connectivity index (χ3v) is 3.95. The number of hydrogen-bond acceptors (Lipinski definition) is 5. The summed E-state index contributed by atoms with van der Waals surface area (Å²) in [5.74, 6) is 0.253. The highest BCUT2D eigenvalue weighted by molar-refractivity contribution is 7.92. The van der Waals surface area contributed by atoms with Crippen LogP contribution in [0.5, 0.6) is 0 Å². The highest BCUT2D eigenvalue weighted by Crippen LogP contribution is 2.18. The van der Waals surface area contributed by atoms with Gasteiger partial charge in [0.15, 0.2) is 0 Å². The van der Waals surface area contributed by atoms with Crippen LogP contribution in [0.1, 0.15) is 17.0 Å². The smallest absolute Gasteiger partial charge is 0.282 e. The van der Waals surface area contributed by atoms with Gasteiger partial charge in [-0.2, -0.15) is 13.5 Å². The largest absolute Gasteiger partial charge is 0.326 e. The Balaban J connectivity index is 2.38. The quantitative estimate of drug-likeness (QED) is 0.762. The van der Waals surface area contributed by atoms with Gasteiger partial charge in [-0.15, -0.1) is 0 Å². The maximum absolute atomic E-state index is 12.2. The summed E-state index contributed by atoms with van der Waals surface area (Å²) in [6.07, 6.45) is 0. The summed E-state index contributed by atoms with van der Waals surface area (Å²) in [7, 11) is -3.79. The first-order chi connectivity index (χ1) is 8.94. The maximum Gasteiger partial charge on any atom is 0.282 e. The number of H-pyrrole nitrogens is 1. The molecule has 0 saturated heterocycles. The molecule has 8 heteroatoms. The van der Waals surface area contributed by atoms with Crippen LogP contribution >= 0.6 is 0 Å². The number of hydrogen-bond donors (Lipinski definition) is 3. The van der Waals surface area contributed by atoms with Crippen molar-refractivity contribution >= 4 is 15.8 Å². The van der Waals surface area contributed by atoms with Crippen molar-refractivity contribution in [3.05, 3.63) is 35.2 Å². The Bertz CT molecular complexity index is 693. The number of aryl methyl sites for hydroxylation is 2. The fourth-order valence-electron chi connectivity index (χ4n) is 1.68. The molecular formula is C11H15N5O2S. The van der Waals surface area contributed by atoms with Gasteiger partial charge in [-0.1, -0.05) is 6.07 Å². The van der Waals surface area contributed by atoms with Crippen molar-refractivity contribution in [3.63, 3.8) is 0 Å². The van der Waals surface area contributed by atoms with E-state index in [1.165, 1.54) is 0 Å². The number of nitrogens with two attached hydrogens (primary N) is 1. The van der Waals surface area contributed by atoms with Crippen LogP contribution in [0.25, 0.3) is 0 Å². The molecule has 0 aliphatic carbocycles. The maximum atomic E-state index is 12.2.